The van der Waals surface area contributed by atoms with Crippen molar-refractivity contribution in [3.63, 3.8) is 0 Å². The third-order valence-corrected chi connectivity index (χ3v) is 6.04. The first-order valence-corrected chi connectivity index (χ1v) is 10.7. The molecule has 4 heterocycles. The monoisotopic (exact) mass is 396 g/mol. The number of anilines is 1. The normalized spacial score (nSPS) is 29.3. The minimum Gasteiger partial charge on any atom is -0.372 e. The summed E-state index contributed by atoms with van der Waals surface area (Å²) < 4.78 is 21.9. The first-order valence-electron chi connectivity index (χ1n) is 10.7. The minimum absolute atomic E-state index is 0.374. The molecular weight excluding hydrogens is 368 g/mol. The van der Waals surface area contributed by atoms with Crippen LogP contribution in [0.1, 0.15) is 5.56 Å². The summed E-state index contributed by atoms with van der Waals surface area (Å²) in [7, 11) is 0. The fourth-order valence-corrected chi connectivity index (χ4v) is 4.09. The molecule has 0 radical (unpaired) electrons. The highest BCUT2D eigenvalue weighted by atomic mass is 16.6. The quantitative estimate of drug-likeness (QED) is 0.542. The van der Waals surface area contributed by atoms with Crippen LogP contribution in [0.2, 0.25) is 0 Å². The summed E-state index contributed by atoms with van der Waals surface area (Å²) in [4.78, 5) is 4.89. The van der Waals surface area contributed by atoms with E-state index >= 15 is 0 Å². The van der Waals surface area contributed by atoms with Gasteiger partial charge < -0.3 is 23.8 Å². The second-order valence-electron chi connectivity index (χ2n) is 8.79. The van der Waals surface area contributed by atoms with Gasteiger partial charge in [-0.1, -0.05) is 18.2 Å². The molecule has 4 atom stereocenters. The molecule has 4 aliphatic heterocycles. The van der Waals surface area contributed by atoms with E-state index in [0.29, 0.717) is 24.4 Å². The van der Waals surface area contributed by atoms with Crippen molar-refractivity contribution in [2.24, 2.45) is 0 Å². The molecule has 29 heavy (non-hydrogen) atoms. The number of benzene rings is 2. The Kier molecular flexibility index (Phi) is 4.70. The summed E-state index contributed by atoms with van der Waals surface area (Å²) in [5.41, 5.74) is 2.61. The molecule has 4 aliphatic rings. The number of ether oxygens (including phenoxy) is 4. The molecule has 0 bridgehead atoms. The molecule has 0 spiro atoms. The number of fused-ring (bicyclic) bond motifs is 1. The number of nitrogens with zero attached hydrogens (tertiary/aromatic N) is 2. The molecule has 0 amide bonds. The lowest BCUT2D eigenvalue weighted by atomic mass is 10.0. The van der Waals surface area contributed by atoms with E-state index < -0.39 is 0 Å². The van der Waals surface area contributed by atoms with E-state index in [0.717, 1.165) is 59.2 Å². The summed E-state index contributed by atoms with van der Waals surface area (Å²) in [6.45, 7) is 8.38. The average molecular weight is 396 g/mol. The van der Waals surface area contributed by atoms with Gasteiger partial charge in [-0.2, -0.15) is 0 Å². The van der Waals surface area contributed by atoms with Gasteiger partial charge in [-0.3, -0.25) is 4.90 Å². The van der Waals surface area contributed by atoms with Crippen LogP contribution in [0.3, 0.4) is 0 Å². The van der Waals surface area contributed by atoms with Gasteiger partial charge in [-0.05, 0) is 34.5 Å². The maximum atomic E-state index is 5.48. The van der Waals surface area contributed by atoms with E-state index in [9.17, 15) is 0 Å². The lowest BCUT2D eigenvalue weighted by Crippen LogP contribution is -2.31. The van der Waals surface area contributed by atoms with Gasteiger partial charge in [0.05, 0.1) is 50.8 Å². The summed E-state index contributed by atoms with van der Waals surface area (Å²) in [6, 6.07) is 13.6. The van der Waals surface area contributed by atoms with Crippen molar-refractivity contribution in [2.75, 3.05) is 57.5 Å². The summed E-state index contributed by atoms with van der Waals surface area (Å²) in [6.07, 6.45) is 1.56. The van der Waals surface area contributed by atoms with E-state index in [1.165, 1.54) is 22.0 Å². The Morgan fingerprint density at radius 2 is 1.21 bits per heavy atom. The molecular formula is C23H28N2O4. The average Bonchev–Trinajstić information content (AvgIpc) is 3.51. The van der Waals surface area contributed by atoms with Crippen LogP contribution in [0.5, 0.6) is 0 Å². The van der Waals surface area contributed by atoms with E-state index in [1.807, 2.05) is 0 Å². The van der Waals surface area contributed by atoms with Gasteiger partial charge in [0, 0.05) is 38.4 Å². The largest absolute Gasteiger partial charge is 0.372 e. The predicted molar refractivity (Wildman–Crippen MR) is 110 cm³/mol. The van der Waals surface area contributed by atoms with Gasteiger partial charge in [0.25, 0.3) is 0 Å². The fraction of sp³-hybridized carbons (Fsp3) is 0.565. The van der Waals surface area contributed by atoms with Gasteiger partial charge in [0.1, 0.15) is 0 Å². The van der Waals surface area contributed by atoms with Crippen molar-refractivity contribution in [3.8, 4) is 0 Å². The zero-order valence-electron chi connectivity index (χ0n) is 16.7. The molecule has 154 valence electrons. The number of hydrogen-bond acceptors (Lipinski definition) is 6. The number of hydrogen-bond donors (Lipinski definition) is 0. The molecule has 4 saturated heterocycles. The Morgan fingerprint density at radius 3 is 1.79 bits per heavy atom. The van der Waals surface area contributed by atoms with Crippen LogP contribution in [0, 0.1) is 0 Å². The third kappa shape index (κ3) is 4.90. The molecule has 6 nitrogen and oxygen atoms in total. The SMILES string of the molecule is c1cc2ccc(N(CC3CO3)CC3CO3)cc2cc1CN(CC1CO1)CC1CO1. The Labute approximate surface area is 171 Å². The highest BCUT2D eigenvalue weighted by Crippen LogP contribution is 2.27. The number of epoxide rings is 4. The Balaban J connectivity index is 1.21. The van der Waals surface area contributed by atoms with Gasteiger partial charge >= 0.3 is 0 Å². The first-order chi connectivity index (χ1) is 14.3. The van der Waals surface area contributed by atoms with Crippen LogP contribution in [0.4, 0.5) is 5.69 Å². The maximum absolute atomic E-state index is 5.48. The van der Waals surface area contributed by atoms with Crippen LogP contribution in [-0.4, -0.2) is 81.9 Å². The van der Waals surface area contributed by atoms with Crippen LogP contribution in [-0.2, 0) is 25.5 Å². The van der Waals surface area contributed by atoms with E-state index in [-0.39, 0.29) is 0 Å². The first kappa shape index (κ1) is 18.1. The molecule has 0 N–H and O–H groups in total. The lowest BCUT2D eigenvalue weighted by Gasteiger charge is -2.24. The maximum Gasteiger partial charge on any atom is 0.0984 e. The predicted octanol–water partition coefficient (Wildman–Crippen LogP) is 2.04. The van der Waals surface area contributed by atoms with E-state index in [4.69, 9.17) is 18.9 Å². The van der Waals surface area contributed by atoms with E-state index in [1.54, 1.807) is 0 Å². The molecule has 4 unspecified atom stereocenters. The van der Waals surface area contributed by atoms with Crippen LogP contribution < -0.4 is 4.90 Å². The van der Waals surface area contributed by atoms with Crippen molar-refractivity contribution in [1.29, 1.82) is 0 Å². The smallest absolute Gasteiger partial charge is 0.0984 e. The van der Waals surface area contributed by atoms with Crippen LogP contribution >= 0.6 is 0 Å². The molecule has 2 aromatic rings. The van der Waals surface area contributed by atoms with Crippen molar-refractivity contribution in [2.45, 2.75) is 31.0 Å². The summed E-state index contributed by atoms with van der Waals surface area (Å²) in [5.74, 6) is 0. The zero-order chi connectivity index (χ0) is 19.2. The topological polar surface area (TPSA) is 56.6 Å². The van der Waals surface area contributed by atoms with E-state index in [2.05, 4.69) is 46.2 Å². The standard InChI is InChI=1S/C23H28N2O4/c1-2-17-3-4-19(25(10-22-14-28-22)11-23-15-29-23)6-18(17)5-16(1)7-24(8-20-12-26-20)9-21-13-27-21/h1-6,20-23H,7-15H2. The van der Waals surface area contributed by atoms with Crippen molar-refractivity contribution >= 4 is 16.5 Å². The molecule has 2 aromatic carbocycles. The molecule has 0 aliphatic carbocycles. The van der Waals surface area contributed by atoms with Gasteiger partial charge in [-0.25, -0.2) is 0 Å². The van der Waals surface area contributed by atoms with Gasteiger partial charge in [0.15, 0.2) is 0 Å². The molecule has 0 aromatic heterocycles. The van der Waals surface area contributed by atoms with Crippen LogP contribution in [0.15, 0.2) is 36.4 Å². The Bertz CT molecular complexity index is 846. The third-order valence-electron chi connectivity index (χ3n) is 6.04. The molecule has 4 fully saturated rings. The lowest BCUT2D eigenvalue weighted by molar-refractivity contribution is 0.213. The van der Waals surface area contributed by atoms with Crippen molar-refractivity contribution in [3.05, 3.63) is 42.0 Å². The number of rotatable bonds is 11. The minimum atomic E-state index is 0.374. The zero-order valence-corrected chi connectivity index (χ0v) is 16.7. The van der Waals surface area contributed by atoms with Crippen LogP contribution in [0.25, 0.3) is 10.8 Å². The fourth-order valence-electron chi connectivity index (χ4n) is 4.09. The van der Waals surface area contributed by atoms with Crippen molar-refractivity contribution < 1.29 is 18.9 Å². The Morgan fingerprint density at radius 1 is 0.655 bits per heavy atom. The summed E-state index contributed by atoms with van der Waals surface area (Å²) in [5, 5.41) is 2.58. The summed E-state index contributed by atoms with van der Waals surface area (Å²) >= 11 is 0. The molecule has 6 rings (SSSR count). The highest BCUT2D eigenvalue weighted by Gasteiger charge is 2.32. The highest BCUT2D eigenvalue weighted by molar-refractivity contribution is 5.86. The Hall–Kier alpha value is -1.70. The van der Waals surface area contributed by atoms with Crippen molar-refractivity contribution in [1.82, 2.24) is 4.90 Å². The second kappa shape index (κ2) is 7.52. The molecule has 6 heteroatoms. The van der Waals surface area contributed by atoms with Gasteiger partial charge in [-0.15, -0.1) is 0 Å². The van der Waals surface area contributed by atoms with Gasteiger partial charge in [0.2, 0.25) is 0 Å². The second-order valence-corrected chi connectivity index (χ2v) is 8.79. The molecule has 0 saturated carbocycles.